The zero-order valence-corrected chi connectivity index (χ0v) is 12.7. The Balaban J connectivity index is 2.00. The number of hydrogen-bond acceptors (Lipinski definition) is 2. The molecule has 0 bridgehead atoms. The number of benzene rings is 1. The Labute approximate surface area is 127 Å². The molecule has 3 aromatic rings. The summed E-state index contributed by atoms with van der Waals surface area (Å²) in [6.07, 6.45) is 8.44. The summed E-state index contributed by atoms with van der Waals surface area (Å²) in [5, 5.41) is 2.60. The maximum absolute atomic E-state index is 4.64. The second kappa shape index (κ2) is 4.68. The van der Waals surface area contributed by atoms with E-state index in [0.29, 0.717) is 5.92 Å². The van der Waals surface area contributed by atoms with Crippen LogP contribution < -0.4 is 0 Å². The lowest BCUT2D eigenvalue weighted by Crippen LogP contribution is -1.99. The quantitative estimate of drug-likeness (QED) is 0.568. The summed E-state index contributed by atoms with van der Waals surface area (Å²) in [5.74, 6) is 0.412. The molecule has 1 nitrogen and oxygen atoms in total. The fourth-order valence-electron chi connectivity index (χ4n) is 2.76. The van der Waals surface area contributed by atoms with Crippen LogP contribution in [0.3, 0.4) is 0 Å². The van der Waals surface area contributed by atoms with Gasteiger partial charge in [-0.3, -0.25) is 4.98 Å². The Hall–Kier alpha value is -2.19. The number of aromatic nitrogens is 1. The maximum atomic E-state index is 4.64. The van der Waals surface area contributed by atoms with Gasteiger partial charge in [0.1, 0.15) is 0 Å². The molecule has 21 heavy (non-hydrogen) atoms. The van der Waals surface area contributed by atoms with Crippen molar-refractivity contribution in [2.24, 2.45) is 5.92 Å². The van der Waals surface area contributed by atoms with Gasteiger partial charge < -0.3 is 0 Å². The van der Waals surface area contributed by atoms with E-state index in [1.165, 1.54) is 20.2 Å². The van der Waals surface area contributed by atoms with Gasteiger partial charge in [-0.2, -0.15) is 0 Å². The lowest BCUT2D eigenvalue weighted by Gasteiger charge is -2.14. The van der Waals surface area contributed by atoms with Crippen molar-refractivity contribution in [2.75, 3.05) is 0 Å². The molecule has 0 saturated carbocycles. The SMILES string of the molecule is C=C1C=C(c2nccc3c2sc2ccccc23)C=CC1C. The Morgan fingerprint density at radius 3 is 2.86 bits per heavy atom. The lowest BCUT2D eigenvalue weighted by molar-refractivity contribution is 0.890. The first-order valence-corrected chi connectivity index (χ1v) is 7.91. The number of rotatable bonds is 1. The van der Waals surface area contributed by atoms with E-state index in [-0.39, 0.29) is 0 Å². The Kier molecular flexibility index (Phi) is 2.79. The fourth-order valence-corrected chi connectivity index (χ4v) is 3.97. The van der Waals surface area contributed by atoms with Gasteiger partial charge >= 0.3 is 0 Å². The van der Waals surface area contributed by atoms with E-state index in [1.807, 2.05) is 17.5 Å². The molecule has 2 heterocycles. The highest BCUT2D eigenvalue weighted by atomic mass is 32.1. The molecule has 0 radical (unpaired) electrons. The summed E-state index contributed by atoms with van der Waals surface area (Å²) in [4.78, 5) is 4.64. The van der Waals surface area contributed by atoms with Crippen LogP contribution in [0.25, 0.3) is 25.7 Å². The predicted octanol–water partition coefficient (Wildman–Crippen LogP) is 5.60. The van der Waals surface area contributed by atoms with Gasteiger partial charge in [0.05, 0.1) is 10.4 Å². The van der Waals surface area contributed by atoms with E-state index >= 15 is 0 Å². The molecule has 0 N–H and O–H groups in total. The van der Waals surface area contributed by atoms with Crippen LogP contribution in [0.4, 0.5) is 0 Å². The first-order valence-electron chi connectivity index (χ1n) is 7.09. The van der Waals surface area contributed by atoms with Gasteiger partial charge in [0.2, 0.25) is 0 Å². The van der Waals surface area contributed by atoms with Crippen LogP contribution in [0.15, 0.2) is 66.9 Å². The van der Waals surface area contributed by atoms with E-state index in [9.17, 15) is 0 Å². The first-order chi connectivity index (χ1) is 10.2. The molecular weight excluding hydrogens is 274 g/mol. The monoisotopic (exact) mass is 289 g/mol. The summed E-state index contributed by atoms with van der Waals surface area (Å²) in [7, 11) is 0. The van der Waals surface area contributed by atoms with Crippen LogP contribution in [-0.2, 0) is 0 Å². The second-order valence-electron chi connectivity index (χ2n) is 5.46. The fraction of sp³-hybridized carbons (Fsp3) is 0.105. The van der Waals surface area contributed by atoms with Crippen molar-refractivity contribution < 1.29 is 0 Å². The third-order valence-corrected chi connectivity index (χ3v) is 5.25. The Morgan fingerprint density at radius 1 is 1.14 bits per heavy atom. The predicted molar refractivity (Wildman–Crippen MR) is 92.5 cm³/mol. The second-order valence-corrected chi connectivity index (χ2v) is 6.51. The largest absolute Gasteiger partial charge is 0.255 e. The molecule has 1 aromatic carbocycles. The zero-order chi connectivity index (χ0) is 14.4. The smallest absolute Gasteiger partial charge is 0.0880 e. The minimum absolute atomic E-state index is 0.412. The highest BCUT2D eigenvalue weighted by molar-refractivity contribution is 7.26. The highest BCUT2D eigenvalue weighted by Crippen LogP contribution is 2.38. The van der Waals surface area contributed by atoms with Crippen LogP contribution in [0.2, 0.25) is 0 Å². The zero-order valence-electron chi connectivity index (χ0n) is 11.8. The van der Waals surface area contributed by atoms with E-state index in [2.05, 4.69) is 67.0 Å². The summed E-state index contributed by atoms with van der Waals surface area (Å²) < 4.78 is 2.58. The summed E-state index contributed by atoms with van der Waals surface area (Å²) >= 11 is 1.82. The number of allylic oxidation sites excluding steroid dienone is 5. The van der Waals surface area contributed by atoms with E-state index in [1.54, 1.807) is 0 Å². The molecule has 0 saturated heterocycles. The number of hydrogen-bond donors (Lipinski definition) is 0. The normalized spacial score (nSPS) is 18.4. The minimum atomic E-state index is 0.412. The van der Waals surface area contributed by atoms with E-state index < -0.39 is 0 Å². The van der Waals surface area contributed by atoms with Gasteiger partial charge in [-0.25, -0.2) is 0 Å². The molecule has 0 fully saturated rings. The van der Waals surface area contributed by atoms with Crippen LogP contribution >= 0.6 is 11.3 Å². The standard InChI is InChI=1S/C19H15NS/c1-12-7-8-14(11-13(12)2)18-19-16(9-10-20-18)15-5-3-4-6-17(15)21-19/h3-12H,2H2,1H3. The molecule has 2 aromatic heterocycles. The average molecular weight is 289 g/mol. The molecule has 2 heteroatoms. The van der Waals surface area contributed by atoms with Crippen molar-refractivity contribution >= 4 is 37.1 Å². The van der Waals surface area contributed by atoms with Crippen LogP contribution in [0.5, 0.6) is 0 Å². The van der Waals surface area contributed by atoms with Crippen LogP contribution in [0, 0.1) is 5.92 Å². The number of fused-ring (bicyclic) bond motifs is 3. The molecule has 1 aliphatic carbocycles. The van der Waals surface area contributed by atoms with Gasteiger partial charge in [-0.05, 0) is 29.7 Å². The van der Waals surface area contributed by atoms with Crippen molar-refractivity contribution in [3.05, 3.63) is 72.6 Å². The Morgan fingerprint density at radius 2 is 2.00 bits per heavy atom. The van der Waals surface area contributed by atoms with Crippen molar-refractivity contribution in [2.45, 2.75) is 6.92 Å². The van der Waals surface area contributed by atoms with Crippen molar-refractivity contribution in [1.82, 2.24) is 4.98 Å². The molecule has 102 valence electrons. The number of pyridine rings is 1. The number of nitrogens with zero attached hydrogens (tertiary/aromatic N) is 1. The summed E-state index contributed by atoms with van der Waals surface area (Å²) in [6.45, 7) is 6.31. The highest BCUT2D eigenvalue weighted by Gasteiger charge is 2.15. The van der Waals surface area contributed by atoms with Crippen LogP contribution in [-0.4, -0.2) is 4.98 Å². The summed E-state index contributed by atoms with van der Waals surface area (Å²) in [6, 6.07) is 10.7. The van der Waals surface area contributed by atoms with Crippen LogP contribution in [0.1, 0.15) is 12.6 Å². The maximum Gasteiger partial charge on any atom is 0.0880 e. The van der Waals surface area contributed by atoms with Crippen molar-refractivity contribution in [3.63, 3.8) is 0 Å². The van der Waals surface area contributed by atoms with Gasteiger partial charge in [0.25, 0.3) is 0 Å². The van der Waals surface area contributed by atoms with Gasteiger partial charge in [0.15, 0.2) is 0 Å². The van der Waals surface area contributed by atoms with Crippen molar-refractivity contribution in [3.8, 4) is 0 Å². The van der Waals surface area contributed by atoms with Crippen molar-refractivity contribution in [1.29, 1.82) is 0 Å². The molecule has 1 unspecified atom stereocenters. The molecular formula is C19H15NS. The third kappa shape index (κ3) is 1.95. The van der Waals surface area contributed by atoms with Gasteiger partial charge in [-0.1, -0.05) is 43.9 Å². The average Bonchev–Trinajstić information content (AvgIpc) is 2.89. The molecule has 1 atom stereocenters. The summed E-state index contributed by atoms with van der Waals surface area (Å²) in [5.41, 5.74) is 3.38. The molecule has 1 aliphatic rings. The van der Waals surface area contributed by atoms with Gasteiger partial charge in [0, 0.05) is 27.2 Å². The minimum Gasteiger partial charge on any atom is -0.255 e. The third-order valence-electron chi connectivity index (χ3n) is 4.06. The van der Waals surface area contributed by atoms with Gasteiger partial charge in [-0.15, -0.1) is 11.3 Å². The molecule has 0 amide bonds. The molecule has 0 aliphatic heterocycles. The Bertz CT molecular complexity index is 927. The topological polar surface area (TPSA) is 12.9 Å². The first kappa shape index (κ1) is 12.5. The lowest BCUT2D eigenvalue weighted by atomic mass is 9.92. The molecule has 4 rings (SSSR count). The van der Waals surface area contributed by atoms with E-state index in [4.69, 9.17) is 0 Å². The molecule has 0 spiro atoms. The van der Waals surface area contributed by atoms with E-state index in [0.717, 1.165) is 16.8 Å². The number of thiophene rings is 1.